The zero-order valence-electron chi connectivity index (χ0n) is 21.1. The zero-order valence-corrected chi connectivity index (χ0v) is 21.1. The van der Waals surface area contributed by atoms with E-state index in [2.05, 4.69) is 0 Å². The van der Waals surface area contributed by atoms with E-state index in [1.54, 1.807) is 27.8 Å². The fourth-order valence-electron chi connectivity index (χ4n) is 4.62. The van der Waals surface area contributed by atoms with Crippen LogP contribution in [-0.2, 0) is 17.7 Å². The van der Waals surface area contributed by atoms with Gasteiger partial charge in [0.05, 0.1) is 29.6 Å². The second-order valence-electron chi connectivity index (χ2n) is 9.19. The van der Waals surface area contributed by atoms with Gasteiger partial charge in [-0.15, -0.1) is 0 Å². The van der Waals surface area contributed by atoms with E-state index < -0.39 is 11.6 Å². The highest BCUT2D eigenvalue weighted by molar-refractivity contribution is 5.94. The van der Waals surface area contributed by atoms with E-state index in [1.165, 1.54) is 30.3 Å². The summed E-state index contributed by atoms with van der Waals surface area (Å²) in [6.07, 6.45) is 2.23. The van der Waals surface area contributed by atoms with Gasteiger partial charge < -0.3 is 14.4 Å². The van der Waals surface area contributed by atoms with Crippen molar-refractivity contribution >= 4 is 5.91 Å². The summed E-state index contributed by atoms with van der Waals surface area (Å²) in [5.74, 6) is -0.778. The summed E-state index contributed by atoms with van der Waals surface area (Å²) in [6.45, 7) is 3.14. The Morgan fingerprint density at radius 2 is 1.79 bits per heavy atom. The van der Waals surface area contributed by atoms with Crippen molar-refractivity contribution in [2.24, 2.45) is 0 Å². The van der Waals surface area contributed by atoms with Gasteiger partial charge in [-0.2, -0.15) is 5.10 Å². The number of benzene rings is 3. The lowest BCUT2D eigenvalue weighted by molar-refractivity contribution is 0.0505. The SMILES string of the molecule is CCc1nn(-c2ccccc2)c(Oc2ccccc2F)c1CN(CC1CCCO1)C(=O)c1ccc(F)cc1. The largest absolute Gasteiger partial charge is 0.435 e. The van der Waals surface area contributed by atoms with Gasteiger partial charge in [0.25, 0.3) is 5.91 Å². The van der Waals surface area contributed by atoms with Crippen molar-refractivity contribution in [1.29, 1.82) is 0 Å². The molecule has 6 nitrogen and oxygen atoms in total. The second-order valence-corrected chi connectivity index (χ2v) is 9.19. The number of para-hydroxylation sites is 2. The molecule has 3 aromatic carbocycles. The molecule has 1 unspecified atom stereocenters. The van der Waals surface area contributed by atoms with E-state index in [1.807, 2.05) is 37.3 Å². The maximum atomic E-state index is 14.7. The minimum Gasteiger partial charge on any atom is -0.435 e. The molecule has 1 aliphatic rings. The standard InChI is InChI=1S/C30H29F2N3O3/c1-2-27-25(20-34(19-24-11-8-18-37-24)29(36)21-14-16-22(31)17-15-21)30(38-28-13-7-6-12-26(28)32)35(33-27)23-9-4-3-5-10-23/h3-7,9-10,12-17,24H,2,8,11,18-20H2,1H3. The Morgan fingerprint density at radius 3 is 2.47 bits per heavy atom. The third kappa shape index (κ3) is 5.60. The number of halogens is 2. The summed E-state index contributed by atoms with van der Waals surface area (Å²) < 4.78 is 41.9. The van der Waals surface area contributed by atoms with Gasteiger partial charge in [0.15, 0.2) is 11.6 Å². The van der Waals surface area contributed by atoms with Crippen molar-refractivity contribution in [2.75, 3.05) is 13.2 Å². The molecule has 1 fully saturated rings. The van der Waals surface area contributed by atoms with Crippen LogP contribution < -0.4 is 4.74 Å². The van der Waals surface area contributed by atoms with Gasteiger partial charge in [0.2, 0.25) is 5.88 Å². The van der Waals surface area contributed by atoms with Crippen LogP contribution in [0.15, 0.2) is 78.9 Å². The summed E-state index contributed by atoms with van der Waals surface area (Å²) in [7, 11) is 0. The molecular formula is C30H29F2N3O3. The minimum atomic E-state index is -0.504. The predicted molar refractivity (Wildman–Crippen MR) is 140 cm³/mol. The molecule has 196 valence electrons. The van der Waals surface area contributed by atoms with Crippen LogP contribution in [0.1, 0.15) is 41.4 Å². The fourth-order valence-corrected chi connectivity index (χ4v) is 4.62. The van der Waals surface area contributed by atoms with E-state index in [-0.39, 0.29) is 24.3 Å². The second kappa shape index (κ2) is 11.6. The van der Waals surface area contributed by atoms with Crippen LogP contribution in [0, 0.1) is 11.6 Å². The average Bonchev–Trinajstić information content (AvgIpc) is 3.58. The van der Waals surface area contributed by atoms with Crippen LogP contribution in [-0.4, -0.2) is 39.8 Å². The van der Waals surface area contributed by atoms with E-state index in [0.29, 0.717) is 36.6 Å². The molecule has 0 spiro atoms. The average molecular weight is 518 g/mol. The highest BCUT2D eigenvalue weighted by Gasteiger charge is 2.28. The molecular weight excluding hydrogens is 488 g/mol. The molecule has 1 aromatic heterocycles. The van der Waals surface area contributed by atoms with E-state index in [0.717, 1.165) is 24.2 Å². The number of carbonyl (C=O) groups excluding carboxylic acids is 1. The number of ether oxygens (including phenoxy) is 2. The lowest BCUT2D eigenvalue weighted by Gasteiger charge is -2.26. The maximum absolute atomic E-state index is 14.7. The van der Waals surface area contributed by atoms with Gasteiger partial charge in [-0.05, 0) is 67.8 Å². The van der Waals surface area contributed by atoms with Crippen molar-refractivity contribution in [3.63, 3.8) is 0 Å². The van der Waals surface area contributed by atoms with Gasteiger partial charge in [0, 0.05) is 18.7 Å². The number of hydrogen-bond donors (Lipinski definition) is 0. The Kier molecular flexibility index (Phi) is 7.79. The Morgan fingerprint density at radius 1 is 1.05 bits per heavy atom. The topological polar surface area (TPSA) is 56.6 Å². The van der Waals surface area contributed by atoms with Gasteiger partial charge in [-0.1, -0.05) is 37.3 Å². The molecule has 8 heteroatoms. The Balaban J connectivity index is 1.58. The van der Waals surface area contributed by atoms with Crippen molar-refractivity contribution < 1.29 is 23.0 Å². The molecule has 0 aliphatic carbocycles. The number of carbonyl (C=O) groups is 1. The lowest BCUT2D eigenvalue weighted by Crippen LogP contribution is -2.37. The number of aryl methyl sites for hydroxylation is 1. The lowest BCUT2D eigenvalue weighted by atomic mass is 10.1. The minimum absolute atomic E-state index is 0.0593. The molecule has 0 saturated carbocycles. The predicted octanol–water partition coefficient (Wildman–Crippen LogP) is 6.33. The van der Waals surface area contributed by atoms with E-state index >= 15 is 0 Å². The Bertz CT molecular complexity index is 1380. The smallest absolute Gasteiger partial charge is 0.254 e. The van der Waals surface area contributed by atoms with Crippen molar-refractivity contribution in [3.8, 4) is 17.3 Å². The van der Waals surface area contributed by atoms with Gasteiger partial charge in [-0.25, -0.2) is 13.5 Å². The molecule has 1 aliphatic heterocycles. The van der Waals surface area contributed by atoms with Crippen LogP contribution >= 0.6 is 0 Å². The Hall–Kier alpha value is -4.04. The zero-order chi connectivity index (χ0) is 26.5. The van der Waals surface area contributed by atoms with Crippen molar-refractivity contribution in [1.82, 2.24) is 14.7 Å². The first-order valence-electron chi connectivity index (χ1n) is 12.8. The number of aromatic nitrogens is 2. The van der Waals surface area contributed by atoms with Crippen LogP contribution in [0.25, 0.3) is 5.69 Å². The fraction of sp³-hybridized carbons (Fsp3) is 0.267. The molecule has 1 amide bonds. The number of nitrogens with zero attached hydrogens (tertiary/aromatic N) is 3. The number of amides is 1. The molecule has 0 bridgehead atoms. The molecule has 5 rings (SSSR count). The van der Waals surface area contributed by atoms with Gasteiger partial charge in [-0.3, -0.25) is 4.79 Å². The van der Waals surface area contributed by atoms with Crippen molar-refractivity contribution in [2.45, 2.75) is 38.8 Å². The van der Waals surface area contributed by atoms with Gasteiger partial charge in [0.1, 0.15) is 5.82 Å². The first-order valence-corrected chi connectivity index (χ1v) is 12.8. The molecule has 0 radical (unpaired) electrons. The summed E-state index contributed by atoms with van der Waals surface area (Å²) in [5, 5.41) is 4.80. The third-order valence-corrected chi connectivity index (χ3v) is 6.57. The van der Waals surface area contributed by atoms with E-state index in [9.17, 15) is 13.6 Å². The summed E-state index contributed by atoms with van der Waals surface area (Å²) >= 11 is 0. The van der Waals surface area contributed by atoms with Gasteiger partial charge >= 0.3 is 0 Å². The van der Waals surface area contributed by atoms with Crippen LogP contribution in [0.3, 0.4) is 0 Å². The Labute approximate surface area is 220 Å². The monoisotopic (exact) mass is 517 g/mol. The molecule has 38 heavy (non-hydrogen) atoms. The molecule has 0 N–H and O–H groups in total. The van der Waals surface area contributed by atoms with E-state index in [4.69, 9.17) is 14.6 Å². The number of rotatable bonds is 9. The summed E-state index contributed by atoms with van der Waals surface area (Å²) in [6, 6.07) is 21.1. The highest BCUT2D eigenvalue weighted by Crippen LogP contribution is 2.34. The maximum Gasteiger partial charge on any atom is 0.254 e. The normalized spacial score (nSPS) is 15.0. The molecule has 1 saturated heterocycles. The highest BCUT2D eigenvalue weighted by atomic mass is 19.1. The molecule has 4 aromatic rings. The first kappa shape index (κ1) is 25.6. The van der Waals surface area contributed by atoms with Crippen LogP contribution in [0.4, 0.5) is 8.78 Å². The molecule has 1 atom stereocenters. The first-order chi connectivity index (χ1) is 18.5. The summed E-state index contributed by atoms with van der Waals surface area (Å²) in [5.41, 5.74) is 2.52. The quantitative estimate of drug-likeness (QED) is 0.261. The van der Waals surface area contributed by atoms with Crippen LogP contribution in [0.2, 0.25) is 0 Å². The third-order valence-electron chi connectivity index (χ3n) is 6.57. The van der Waals surface area contributed by atoms with Crippen LogP contribution in [0.5, 0.6) is 11.6 Å². The van der Waals surface area contributed by atoms with Crippen molar-refractivity contribution in [3.05, 3.63) is 107 Å². The number of hydrogen-bond acceptors (Lipinski definition) is 4. The summed E-state index contributed by atoms with van der Waals surface area (Å²) in [4.78, 5) is 15.4. The molecule has 2 heterocycles.